The van der Waals surface area contributed by atoms with Gasteiger partial charge in [0.15, 0.2) is 6.61 Å². The number of hydrogen-bond acceptors (Lipinski definition) is 4. The van der Waals surface area contributed by atoms with Crippen LogP contribution in [0.1, 0.15) is 38.5 Å². The summed E-state index contributed by atoms with van der Waals surface area (Å²) in [6, 6.07) is 6.14. The van der Waals surface area contributed by atoms with E-state index >= 15 is 0 Å². The summed E-state index contributed by atoms with van der Waals surface area (Å²) in [5, 5.41) is 2.64. The molecule has 4 aliphatic rings. The fraction of sp³-hybridized carbons (Fsp3) is 0.600. The van der Waals surface area contributed by atoms with Crippen molar-refractivity contribution in [3.8, 4) is 0 Å². The van der Waals surface area contributed by atoms with Gasteiger partial charge in [-0.1, -0.05) is 27.7 Å². The molecule has 5 rings (SSSR count). The molecule has 0 saturated heterocycles. The third-order valence-electron chi connectivity index (χ3n) is 6.12. The molecular formula is C20H22BrF2NO3S. The number of anilines is 1. The summed E-state index contributed by atoms with van der Waals surface area (Å²) in [6.45, 7) is -0.335. The highest BCUT2D eigenvalue weighted by Crippen LogP contribution is 2.64. The quantitative estimate of drug-likeness (QED) is 0.349. The van der Waals surface area contributed by atoms with Gasteiger partial charge in [0.1, 0.15) is 0 Å². The molecule has 1 aromatic carbocycles. The minimum Gasteiger partial charge on any atom is -0.455 e. The minimum atomic E-state index is -2.48. The van der Waals surface area contributed by atoms with Crippen LogP contribution in [0.15, 0.2) is 29.2 Å². The number of thioether (sulfide) groups is 1. The lowest BCUT2D eigenvalue weighted by Gasteiger charge is -2.58. The summed E-state index contributed by atoms with van der Waals surface area (Å²) in [5.74, 6) is -2.05. The zero-order valence-corrected chi connectivity index (χ0v) is 17.7. The van der Waals surface area contributed by atoms with Crippen LogP contribution in [-0.2, 0) is 14.3 Å². The van der Waals surface area contributed by atoms with Gasteiger partial charge in [-0.25, -0.2) is 0 Å². The number of hydrogen-bond donors (Lipinski definition) is 1. The lowest BCUT2D eigenvalue weighted by atomic mass is 9.49. The molecule has 4 atom stereocenters. The van der Waals surface area contributed by atoms with Crippen LogP contribution < -0.4 is 5.32 Å². The van der Waals surface area contributed by atoms with Gasteiger partial charge in [-0.15, -0.1) is 0 Å². The average molecular weight is 474 g/mol. The Morgan fingerprint density at radius 2 is 1.82 bits per heavy atom. The van der Waals surface area contributed by atoms with E-state index in [4.69, 9.17) is 4.74 Å². The van der Waals surface area contributed by atoms with Gasteiger partial charge < -0.3 is 10.1 Å². The van der Waals surface area contributed by atoms with E-state index in [1.807, 2.05) is 0 Å². The zero-order valence-electron chi connectivity index (χ0n) is 15.3. The number of carbonyl (C=O) groups is 2. The molecule has 1 amide bonds. The van der Waals surface area contributed by atoms with Gasteiger partial charge in [-0.2, -0.15) is 8.78 Å². The number of benzene rings is 1. The van der Waals surface area contributed by atoms with Crippen LogP contribution in [0.25, 0.3) is 0 Å². The molecule has 0 spiro atoms. The molecule has 28 heavy (non-hydrogen) atoms. The number of halogens is 3. The first-order chi connectivity index (χ1) is 13.3. The van der Waals surface area contributed by atoms with E-state index in [1.165, 1.54) is 18.6 Å². The van der Waals surface area contributed by atoms with Crippen LogP contribution in [0, 0.1) is 17.3 Å². The molecule has 4 aliphatic carbocycles. The Hall–Kier alpha value is -1.15. The Balaban J connectivity index is 1.31. The van der Waals surface area contributed by atoms with E-state index < -0.39 is 17.1 Å². The Morgan fingerprint density at radius 1 is 1.18 bits per heavy atom. The molecule has 0 aliphatic heterocycles. The molecule has 152 valence electrons. The molecule has 0 radical (unpaired) electrons. The van der Waals surface area contributed by atoms with E-state index in [2.05, 4.69) is 21.2 Å². The maximum absolute atomic E-state index is 12.8. The maximum atomic E-state index is 12.8. The Bertz CT molecular complexity index is 759. The van der Waals surface area contributed by atoms with Crippen molar-refractivity contribution in [2.75, 3.05) is 11.9 Å². The number of nitrogens with one attached hydrogen (secondary N) is 1. The Kier molecular flexibility index (Phi) is 5.46. The van der Waals surface area contributed by atoms with Gasteiger partial charge >= 0.3 is 5.97 Å². The fourth-order valence-corrected chi connectivity index (χ4v) is 7.54. The van der Waals surface area contributed by atoms with Crippen molar-refractivity contribution in [2.24, 2.45) is 17.3 Å². The first kappa shape index (κ1) is 20.1. The largest absolute Gasteiger partial charge is 0.455 e. The summed E-state index contributed by atoms with van der Waals surface area (Å²) < 4.78 is 30.1. The van der Waals surface area contributed by atoms with Crippen molar-refractivity contribution in [2.45, 2.75) is 53.5 Å². The Labute approximate surface area is 175 Å². The molecule has 4 saturated carbocycles. The molecule has 1 aromatic rings. The predicted octanol–water partition coefficient (Wildman–Crippen LogP) is 5.22. The summed E-state index contributed by atoms with van der Waals surface area (Å²) in [5.41, 5.74) is 0.0241. The molecule has 2 unspecified atom stereocenters. The van der Waals surface area contributed by atoms with Gasteiger partial charge in [-0.05, 0) is 74.6 Å². The molecule has 1 N–H and O–H groups in total. The van der Waals surface area contributed by atoms with E-state index in [0.29, 0.717) is 34.2 Å². The van der Waals surface area contributed by atoms with E-state index in [9.17, 15) is 18.4 Å². The number of alkyl halides is 3. The second kappa shape index (κ2) is 7.59. The van der Waals surface area contributed by atoms with Gasteiger partial charge in [0, 0.05) is 14.9 Å². The standard InChI is InChI=1S/C20H22BrF2NO3S/c21-20-8-12-5-13(9-20)7-19(6-12,11-20)17(26)27-10-16(25)24-14-1-3-15(4-2-14)28-18(22)23/h1-4,12-13,18H,5-11H2,(H,24,25)/t12-,13+,19?,20?. The van der Waals surface area contributed by atoms with Crippen molar-refractivity contribution in [3.05, 3.63) is 24.3 Å². The normalized spacial score (nSPS) is 33.1. The van der Waals surface area contributed by atoms with Crippen LogP contribution in [-0.4, -0.2) is 28.6 Å². The van der Waals surface area contributed by atoms with E-state index in [1.54, 1.807) is 12.1 Å². The summed E-state index contributed by atoms with van der Waals surface area (Å²) in [6.07, 6.45) is 5.96. The number of carbonyl (C=O) groups excluding carboxylic acids is 2. The van der Waals surface area contributed by atoms with Gasteiger partial charge in [-0.3, -0.25) is 9.59 Å². The first-order valence-electron chi connectivity index (χ1n) is 9.46. The monoisotopic (exact) mass is 473 g/mol. The second-order valence-electron chi connectivity index (χ2n) is 8.42. The Morgan fingerprint density at radius 3 is 2.39 bits per heavy atom. The number of esters is 1. The van der Waals surface area contributed by atoms with Crippen molar-refractivity contribution in [3.63, 3.8) is 0 Å². The van der Waals surface area contributed by atoms with Gasteiger partial charge in [0.25, 0.3) is 11.7 Å². The SMILES string of the molecule is O=C(COC(=O)C12C[C@@H]3C[C@@H](CC(Br)(C3)C1)C2)Nc1ccc(SC(F)F)cc1. The zero-order chi connectivity index (χ0) is 19.9. The van der Waals surface area contributed by atoms with Crippen LogP contribution in [0.4, 0.5) is 14.5 Å². The minimum absolute atomic E-state index is 0.0519. The van der Waals surface area contributed by atoms with Crippen LogP contribution in [0.5, 0.6) is 0 Å². The molecule has 4 fully saturated rings. The van der Waals surface area contributed by atoms with Crippen molar-refractivity contribution >= 4 is 45.3 Å². The van der Waals surface area contributed by atoms with Gasteiger partial charge in [0.2, 0.25) is 0 Å². The number of ether oxygens (including phenoxy) is 1. The lowest BCUT2D eigenvalue weighted by Crippen LogP contribution is -2.56. The van der Waals surface area contributed by atoms with Crippen molar-refractivity contribution in [1.82, 2.24) is 0 Å². The first-order valence-corrected chi connectivity index (χ1v) is 11.1. The third-order valence-corrected chi connectivity index (χ3v) is 7.77. The number of amides is 1. The van der Waals surface area contributed by atoms with Crippen molar-refractivity contribution in [1.29, 1.82) is 0 Å². The summed E-state index contributed by atoms with van der Waals surface area (Å²) >= 11 is 4.32. The lowest BCUT2D eigenvalue weighted by molar-refractivity contribution is -0.170. The summed E-state index contributed by atoms with van der Waals surface area (Å²) in [4.78, 5) is 25.4. The molecular weight excluding hydrogens is 452 g/mol. The molecule has 4 bridgehead atoms. The molecule has 8 heteroatoms. The van der Waals surface area contributed by atoms with Crippen LogP contribution in [0.2, 0.25) is 0 Å². The third kappa shape index (κ3) is 4.22. The highest BCUT2D eigenvalue weighted by Gasteiger charge is 2.60. The number of rotatable bonds is 6. The van der Waals surface area contributed by atoms with Crippen LogP contribution >= 0.6 is 27.7 Å². The topological polar surface area (TPSA) is 55.4 Å². The predicted molar refractivity (Wildman–Crippen MR) is 107 cm³/mol. The van der Waals surface area contributed by atoms with Gasteiger partial charge in [0.05, 0.1) is 5.41 Å². The average Bonchev–Trinajstić information content (AvgIpc) is 2.59. The van der Waals surface area contributed by atoms with E-state index in [-0.39, 0.29) is 16.9 Å². The van der Waals surface area contributed by atoms with Crippen LogP contribution in [0.3, 0.4) is 0 Å². The second-order valence-corrected chi connectivity index (χ2v) is 11.2. The maximum Gasteiger partial charge on any atom is 0.312 e. The smallest absolute Gasteiger partial charge is 0.312 e. The molecule has 4 nitrogen and oxygen atoms in total. The van der Waals surface area contributed by atoms with E-state index in [0.717, 1.165) is 32.1 Å². The fourth-order valence-electron chi connectivity index (χ4n) is 5.59. The highest BCUT2D eigenvalue weighted by molar-refractivity contribution is 9.10. The summed E-state index contributed by atoms with van der Waals surface area (Å²) in [7, 11) is 0. The highest BCUT2D eigenvalue weighted by atomic mass is 79.9. The molecule has 0 heterocycles. The molecule has 0 aromatic heterocycles. The van der Waals surface area contributed by atoms with Crippen molar-refractivity contribution < 1.29 is 23.1 Å².